The zero-order valence-electron chi connectivity index (χ0n) is 8.05. The lowest BCUT2D eigenvalue weighted by molar-refractivity contribution is -0.126. The molecule has 0 spiro atoms. The van der Waals surface area contributed by atoms with Crippen molar-refractivity contribution in [1.29, 1.82) is 0 Å². The summed E-state index contributed by atoms with van der Waals surface area (Å²) < 4.78 is 0. The number of hydrogen-bond donors (Lipinski definition) is 3. The normalized spacial score (nSPS) is 25.2. The minimum absolute atomic E-state index is 0.00584. The lowest BCUT2D eigenvalue weighted by Gasteiger charge is -2.23. The topological polar surface area (TPSA) is 61.4 Å². The lowest BCUT2D eigenvalue weighted by Crippen LogP contribution is -2.44. The number of carbonyl (C=O) groups is 1. The molecule has 1 saturated heterocycles. The third-order valence-corrected chi connectivity index (χ3v) is 2.33. The van der Waals surface area contributed by atoms with Crippen LogP contribution in [0.1, 0.15) is 19.8 Å². The van der Waals surface area contributed by atoms with Crippen molar-refractivity contribution in [2.75, 3.05) is 19.7 Å². The first kappa shape index (κ1) is 10.5. The van der Waals surface area contributed by atoms with Gasteiger partial charge in [-0.05, 0) is 26.3 Å². The summed E-state index contributed by atoms with van der Waals surface area (Å²) in [6.07, 6.45) is 2.02. The van der Waals surface area contributed by atoms with Gasteiger partial charge in [0.25, 0.3) is 0 Å². The largest absolute Gasteiger partial charge is 0.394 e. The summed E-state index contributed by atoms with van der Waals surface area (Å²) in [5.41, 5.74) is 0. The number of hydrogen-bond acceptors (Lipinski definition) is 3. The standard InChI is InChI=1S/C9H18N2O2/c1-7(6-12)11-9(13)8-3-2-4-10-5-8/h7-8,10,12H,2-6H2,1H3,(H,11,13)/t7-,8?/m1/s1. The fourth-order valence-electron chi connectivity index (χ4n) is 1.48. The molecule has 1 aliphatic rings. The van der Waals surface area contributed by atoms with Crippen molar-refractivity contribution in [3.8, 4) is 0 Å². The number of amides is 1. The number of nitrogens with one attached hydrogen (secondary N) is 2. The molecule has 1 rings (SSSR count). The lowest BCUT2D eigenvalue weighted by atomic mass is 9.98. The Bertz CT molecular complexity index is 167. The number of carbonyl (C=O) groups excluding carboxylic acids is 1. The summed E-state index contributed by atoms with van der Waals surface area (Å²) in [5.74, 6) is 0.150. The highest BCUT2D eigenvalue weighted by Crippen LogP contribution is 2.09. The molecule has 0 aliphatic carbocycles. The molecule has 13 heavy (non-hydrogen) atoms. The summed E-state index contributed by atoms with van der Waals surface area (Å²) in [6.45, 7) is 3.59. The van der Waals surface area contributed by atoms with Crippen LogP contribution in [0.4, 0.5) is 0 Å². The highest BCUT2D eigenvalue weighted by molar-refractivity contribution is 5.79. The Labute approximate surface area is 78.7 Å². The van der Waals surface area contributed by atoms with Crippen molar-refractivity contribution in [1.82, 2.24) is 10.6 Å². The minimum atomic E-state index is -0.130. The van der Waals surface area contributed by atoms with E-state index in [4.69, 9.17) is 5.11 Å². The predicted octanol–water partition coefficient (Wildman–Crippen LogP) is -0.517. The van der Waals surface area contributed by atoms with Gasteiger partial charge in [-0.3, -0.25) is 4.79 Å². The monoisotopic (exact) mass is 186 g/mol. The van der Waals surface area contributed by atoms with E-state index in [1.165, 1.54) is 0 Å². The number of aliphatic hydroxyl groups excluding tert-OH is 1. The summed E-state index contributed by atoms with van der Waals surface area (Å²) in [6, 6.07) is -0.130. The molecule has 0 bridgehead atoms. The van der Waals surface area contributed by atoms with Crippen LogP contribution in [0.3, 0.4) is 0 Å². The van der Waals surface area contributed by atoms with Gasteiger partial charge in [0.05, 0.1) is 12.5 Å². The first-order valence-electron chi connectivity index (χ1n) is 4.86. The SMILES string of the molecule is C[C@H](CO)NC(=O)C1CCCNC1. The minimum Gasteiger partial charge on any atom is -0.394 e. The average Bonchev–Trinajstić information content (AvgIpc) is 2.19. The van der Waals surface area contributed by atoms with Crippen LogP contribution in [0.25, 0.3) is 0 Å². The summed E-state index contributed by atoms with van der Waals surface area (Å²) >= 11 is 0. The highest BCUT2D eigenvalue weighted by atomic mass is 16.3. The second-order valence-electron chi connectivity index (χ2n) is 3.64. The van der Waals surface area contributed by atoms with Crippen LogP contribution in [0, 0.1) is 5.92 Å². The molecule has 76 valence electrons. The van der Waals surface area contributed by atoms with E-state index in [2.05, 4.69) is 10.6 Å². The molecule has 4 heteroatoms. The van der Waals surface area contributed by atoms with Crippen LogP contribution in [-0.4, -0.2) is 36.8 Å². The van der Waals surface area contributed by atoms with Gasteiger partial charge >= 0.3 is 0 Å². The molecule has 0 aromatic carbocycles. The Morgan fingerprint density at radius 2 is 2.54 bits per heavy atom. The van der Waals surface area contributed by atoms with Crippen molar-refractivity contribution in [3.05, 3.63) is 0 Å². The first-order chi connectivity index (χ1) is 6.24. The Morgan fingerprint density at radius 1 is 1.77 bits per heavy atom. The summed E-state index contributed by atoms with van der Waals surface area (Å²) in [4.78, 5) is 11.5. The van der Waals surface area contributed by atoms with E-state index >= 15 is 0 Å². The van der Waals surface area contributed by atoms with Crippen LogP contribution in [-0.2, 0) is 4.79 Å². The summed E-state index contributed by atoms with van der Waals surface area (Å²) in [7, 11) is 0. The van der Waals surface area contributed by atoms with E-state index in [1.54, 1.807) is 6.92 Å². The molecule has 1 aliphatic heterocycles. The van der Waals surface area contributed by atoms with Gasteiger partial charge < -0.3 is 15.7 Å². The molecule has 2 atom stereocenters. The van der Waals surface area contributed by atoms with Crippen LogP contribution in [0.2, 0.25) is 0 Å². The number of rotatable bonds is 3. The Morgan fingerprint density at radius 3 is 3.08 bits per heavy atom. The Balaban J connectivity index is 2.29. The van der Waals surface area contributed by atoms with Gasteiger partial charge in [0, 0.05) is 12.6 Å². The van der Waals surface area contributed by atoms with Crippen molar-refractivity contribution in [2.45, 2.75) is 25.8 Å². The van der Waals surface area contributed by atoms with E-state index in [0.29, 0.717) is 0 Å². The predicted molar refractivity (Wildman–Crippen MR) is 50.3 cm³/mol. The number of piperidine rings is 1. The first-order valence-corrected chi connectivity index (χ1v) is 4.86. The van der Waals surface area contributed by atoms with Gasteiger partial charge in [0.1, 0.15) is 0 Å². The Hall–Kier alpha value is -0.610. The van der Waals surface area contributed by atoms with Gasteiger partial charge in [0.2, 0.25) is 5.91 Å². The van der Waals surface area contributed by atoms with E-state index in [1.807, 2.05) is 0 Å². The maximum absolute atomic E-state index is 11.5. The van der Waals surface area contributed by atoms with Crippen molar-refractivity contribution in [3.63, 3.8) is 0 Å². The average molecular weight is 186 g/mol. The number of aliphatic hydroxyl groups is 1. The van der Waals surface area contributed by atoms with Crippen molar-refractivity contribution in [2.24, 2.45) is 5.92 Å². The van der Waals surface area contributed by atoms with Crippen molar-refractivity contribution < 1.29 is 9.90 Å². The summed E-state index contributed by atoms with van der Waals surface area (Å²) in [5, 5.41) is 14.7. The fraction of sp³-hybridized carbons (Fsp3) is 0.889. The molecular weight excluding hydrogens is 168 g/mol. The smallest absolute Gasteiger partial charge is 0.224 e. The van der Waals surface area contributed by atoms with Crippen LogP contribution in [0.5, 0.6) is 0 Å². The molecule has 1 heterocycles. The van der Waals surface area contributed by atoms with Gasteiger partial charge in [-0.2, -0.15) is 0 Å². The second kappa shape index (κ2) is 5.19. The molecule has 0 aromatic heterocycles. The maximum atomic E-state index is 11.5. The van der Waals surface area contributed by atoms with Gasteiger partial charge in [-0.25, -0.2) is 0 Å². The molecule has 1 amide bonds. The Kier molecular flexibility index (Phi) is 4.18. The molecular formula is C9H18N2O2. The highest BCUT2D eigenvalue weighted by Gasteiger charge is 2.21. The third-order valence-electron chi connectivity index (χ3n) is 2.33. The van der Waals surface area contributed by atoms with Gasteiger partial charge in [-0.1, -0.05) is 0 Å². The van der Waals surface area contributed by atoms with Crippen molar-refractivity contribution >= 4 is 5.91 Å². The van der Waals surface area contributed by atoms with E-state index in [9.17, 15) is 4.79 Å². The van der Waals surface area contributed by atoms with E-state index in [0.717, 1.165) is 25.9 Å². The van der Waals surface area contributed by atoms with Crippen LogP contribution in [0.15, 0.2) is 0 Å². The molecule has 0 aromatic rings. The van der Waals surface area contributed by atoms with Crippen LogP contribution >= 0.6 is 0 Å². The van der Waals surface area contributed by atoms with Crippen LogP contribution < -0.4 is 10.6 Å². The van der Waals surface area contributed by atoms with E-state index < -0.39 is 0 Å². The molecule has 0 saturated carbocycles. The fourth-order valence-corrected chi connectivity index (χ4v) is 1.48. The van der Waals surface area contributed by atoms with E-state index in [-0.39, 0.29) is 24.5 Å². The van der Waals surface area contributed by atoms with Gasteiger partial charge in [0.15, 0.2) is 0 Å². The molecule has 4 nitrogen and oxygen atoms in total. The quantitative estimate of drug-likeness (QED) is 0.556. The second-order valence-corrected chi connectivity index (χ2v) is 3.64. The molecule has 1 fully saturated rings. The zero-order valence-corrected chi connectivity index (χ0v) is 8.05. The van der Waals surface area contributed by atoms with Gasteiger partial charge in [-0.15, -0.1) is 0 Å². The maximum Gasteiger partial charge on any atom is 0.224 e. The third kappa shape index (κ3) is 3.32. The molecule has 3 N–H and O–H groups in total. The molecule has 1 unspecified atom stereocenters. The molecule has 0 radical (unpaired) electrons. The zero-order chi connectivity index (χ0) is 9.68.